The van der Waals surface area contributed by atoms with Crippen LogP contribution < -0.4 is 10.3 Å². The number of hydrogen-bond acceptors (Lipinski definition) is 3. The van der Waals surface area contributed by atoms with E-state index in [4.69, 9.17) is 0 Å². The molecular weight excluding hydrogens is 374 g/mol. The summed E-state index contributed by atoms with van der Waals surface area (Å²) in [6, 6.07) is 22.9. The van der Waals surface area contributed by atoms with Crippen LogP contribution in [0.4, 0.5) is 0 Å². The maximum atomic E-state index is 12.6. The number of hydrazine groups is 1. The van der Waals surface area contributed by atoms with Crippen molar-refractivity contribution in [3.63, 3.8) is 0 Å². The number of fused-ring (bicyclic) bond motifs is 1. The number of sulfonamides is 1. The third-order valence-electron chi connectivity index (χ3n) is 4.36. The molecule has 0 bridgehead atoms. The molecule has 7 heteroatoms. The van der Waals surface area contributed by atoms with Crippen molar-refractivity contribution in [3.05, 3.63) is 96.8 Å². The third kappa shape index (κ3) is 3.53. The summed E-state index contributed by atoms with van der Waals surface area (Å²) in [7, 11) is -3.91. The Balaban J connectivity index is 1.56. The normalized spacial score (nSPS) is 11.4. The molecule has 1 amide bonds. The van der Waals surface area contributed by atoms with Gasteiger partial charge in [0.05, 0.1) is 16.1 Å². The van der Waals surface area contributed by atoms with Crippen LogP contribution in [-0.2, 0) is 10.0 Å². The van der Waals surface area contributed by atoms with Gasteiger partial charge in [0.15, 0.2) is 0 Å². The smallest absolute Gasteiger partial charge is 0.268 e. The molecule has 1 aromatic heterocycles. The standard InChI is InChI=1S/C21H17N3O3S/c25-21(19-9-3-4-10-20(19)24-13-5-6-14-24)22-23-28(26,27)18-12-11-16-7-1-2-8-17(16)15-18/h1-15,23H,(H,22,25). The third-order valence-corrected chi connectivity index (χ3v) is 5.61. The summed E-state index contributed by atoms with van der Waals surface area (Å²) in [6.07, 6.45) is 3.62. The van der Waals surface area contributed by atoms with Crippen molar-refractivity contribution in [2.45, 2.75) is 4.90 Å². The first kappa shape index (κ1) is 18.0. The van der Waals surface area contributed by atoms with E-state index in [0.717, 1.165) is 10.8 Å². The van der Waals surface area contributed by atoms with Gasteiger partial charge >= 0.3 is 0 Å². The van der Waals surface area contributed by atoms with Crippen molar-refractivity contribution in [2.24, 2.45) is 0 Å². The minimum atomic E-state index is -3.91. The van der Waals surface area contributed by atoms with Gasteiger partial charge in [0.1, 0.15) is 0 Å². The summed E-state index contributed by atoms with van der Waals surface area (Å²) in [6.45, 7) is 0. The first-order valence-corrected chi connectivity index (χ1v) is 10.1. The Morgan fingerprint density at radius 3 is 2.25 bits per heavy atom. The van der Waals surface area contributed by atoms with Gasteiger partial charge < -0.3 is 4.57 Å². The summed E-state index contributed by atoms with van der Waals surface area (Å²) in [5.74, 6) is -0.548. The summed E-state index contributed by atoms with van der Waals surface area (Å²) in [4.78, 5) is 14.8. The molecule has 0 spiro atoms. The second-order valence-corrected chi connectivity index (χ2v) is 7.86. The van der Waals surface area contributed by atoms with E-state index in [-0.39, 0.29) is 4.90 Å². The van der Waals surface area contributed by atoms with Crippen LogP contribution in [0.5, 0.6) is 0 Å². The number of amides is 1. The topological polar surface area (TPSA) is 80.2 Å². The van der Waals surface area contributed by atoms with Gasteiger partial charge in [-0.3, -0.25) is 10.2 Å². The summed E-state index contributed by atoms with van der Waals surface area (Å²) in [5.41, 5.74) is 3.29. The van der Waals surface area contributed by atoms with Gasteiger partial charge in [-0.1, -0.05) is 42.5 Å². The SMILES string of the molecule is O=C(NNS(=O)(=O)c1ccc2ccccc2c1)c1ccccc1-n1cccc1. The van der Waals surface area contributed by atoms with Crippen molar-refractivity contribution in [3.8, 4) is 5.69 Å². The Morgan fingerprint density at radius 1 is 0.786 bits per heavy atom. The van der Waals surface area contributed by atoms with Crippen LogP contribution >= 0.6 is 0 Å². The molecule has 0 saturated heterocycles. The van der Waals surface area contributed by atoms with Crippen LogP contribution in [-0.4, -0.2) is 18.9 Å². The van der Waals surface area contributed by atoms with Crippen molar-refractivity contribution in [1.29, 1.82) is 0 Å². The highest BCUT2D eigenvalue weighted by Crippen LogP contribution is 2.19. The average molecular weight is 391 g/mol. The zero-order valence-corrected chi connectivity index (χ0v) is 15.6. The van der Waals surface area contributed by atoms with Gasteiger partial charge in [0.25, 0.3) is 15.9 Å². The summed E-state index contributed by atoms with van der Waals surface area (Å²) >= 11 is 0. The fourth-order valence-electron chi connectivity index (χ4n) is 2.96. The van der Waals surface area contributed by atoms with Crippen molar-refractivity contribution < 1.29 is 13.2 Å². The van der Waals surface area contributed by atoms with Crippen molar-refractivity contribution in [2.75, 3.05) is 0 Å². The number of aromatic nitrogens is 1. The van der Waals surface area contributed by atoms with E-state index in [1.807, 2.05) is 54.9 Å². The van der Waals surface area contributed by atoms with Crippen molar-refractivity contribution in [1.82, 2.24) is 14.8 Å². The van der Waals surface area contributed by atoms with E-state index in [1.54, 1.807) is 34.9 Å². The number of para-hydroxylation sites is 1. The number of benzene rings is 3. The Bertz CT molecular complexity index is 1250. The van der Waals surface area contributed by atoms with Gasteiger partial charge in [0.2, 0.25) is 0 Å². The molecular formula is C21H17N3O3S. The Morgan fingerprint density at radius 2 is 1.46 bits per heavy atom. The molecule has 28 heavy (non-hydrogen) atoms. The summed E-state index contributed by atoms with van der Waals surface area (Å²) in [5, 5.41) is 1.74. The largest absolute Gasteiger partial charge is 0.323 e. The molecule has 1 heterocycles. The monoisotopic (exact) mass is 391 g/mol. The maximum absolute atomic E-state index is 12.6. The molecule has 2 N–H and O–H groups in total. The molecule has 4 aromatic rings. The average Bonchev–Trinajstić information content (AvgIpc) is 3.26. The lowest BCUT2D eigenvalue weighted by atomic mass is 10.1. The predicted molar refractivity (Wildman–Crippen MR) is 108 cm³/mol. The van der Waals surface area contributed by atoms with Crippen LogP contribution in [0.1, 0.15) is 10.4 Å². The van der Waals surface area contributed by atoms with Crippen LogP contribution in [0.25, 0.3) is 16.5 Å². The fraction of sp³-hybridized carbons (Fsp3) is 0. The lowest BCUT2D eigenvalue weighted by Gasteiger charge is -2.12. The first-order chi connectivity index (χ1) is 13.5. The Labute approximate surface area is 162 Å². The quantitative estimate of drug-likeness (QED) is 0.513. The molecule has 6 nitrogen and oxygen atoms in total. The van der Waals surface area contributed by atoms with E-state index >= 15 is 0 Å². The molecule has 0 aliphatic carbocycles. The van der Waals surface area contributed by atoms with Crippen LogP contribution in [0.2, 0.25) is 0 Å². The number of carbonyl (C=O) groups is 1. The molecule has 0 aliphatic rings. The number of carbonyl (C=O) groups excluding carboxylic acids is 1. The number of nitrogens with zero attached hydrogens (tertiary/aromatic N) is 1. The fourth-order valence-corrected chi connectivity index (χ4v) is 3.83. The zero-order chi connectivity index (χ0) is 19.6. The number of rotatable bonds is 5. The van der Waals surface area contributed by atoms with E-state index in [9.17, 15) is 13.2 Å². The second kappa shape index (κ2) is 7.30. The van der Waals surface area contributed by atoms with Crippen molar-refractivity contribution >= 4 is 26.7 Å². The molecule has 0 unspecified atom stereocenters. The molecule has 140 valence electrons. The highest BCUT2D eigenvalue weighted by molar-refractivity contribution is 7.89. The molecule has 0 atom stereocenters. The lowest BCUT2D eigenvalue weighted by Crippen LogP contribution is -2.41. The highest BCUT2D eigenvalue weighted by Gasteiger charge is 2.18. The first-order valence-electron chi connectivity index (χ1n) is 8.58. The minimum absolute atomic E-state index is 0.0743. The minimum Gasteiger partial charge on any atom is -0.323 e. The zero-order valence-electron chi connectivity index (χ0n) is 14.7. The van der Waals surface area contributed by atoms with E-state index < -0.39 is 15.9 Å². The number of hydrogen-bond donors (Lipinski definition) is 2. The van der Waals surface area contributed by atoms with Gasteiger partial charge in [-0.05, 0) is 47.2 Å². The van der Waals surface area contributed by atoms with Gasteiger partial charge in [-0.15, -0.1) is 4.83 Å². The van der Waals surface area contributed by atoms with Gasteiger partial charge in [0, 0.05) is 12.4 Å². The number of nitrogens with one attached hydrogen (secondary N) is 2. The molecule has 4 rings (SSSR count). The molecule has 0 aliphatic heterocycles. The summed E-state index contributed by atoms with van der Waals surface area (Å²) < 4.78 is 27.0. The predicted octanol–water partition coefficient (Wildman–Crippen LogP) is 3.25. The Kier molecular flexibility index (Phi) is 4.68. The molecule has 0 fully saturated rings. The van der Waals surface area contributed by atoms with E-state index in [1.165, 1.54) is 6.07 Å². The lowest BCUT2D eigenvalue weighted by molar-refractivity contribution is 0.0945. The van der Waals surface area contributed by atoms with Gasteiger partial charge in [-0.2, -0.15) is 0 Å². The second-order valence-electron chi connectivity index (χ2n) is 6.18. The molecule has 0 radical (unpaired) electrons. The van der Waals surface area contributed by atoms with Gasteiger partial charge in [-0.25, -0.2) is 8.42 Å². The van der Waals surface area contributed by atoms with Crippen LogP contribution in [0.3, 0.4) is 0 Å². The van der Waals surface area contributed by atoms with E-state index in [0.29, 0.717) is 11.3 Å². The molecule has 0 saturated carbocycles. The Hall–Kier alpha value is -3.42. The van der Waals surface area contributed by atoms with Crippen LogP contribution in [0.15, 0.2) is 96.2 Å². The molecule has 3 aromatic carbocycles. The highest BCUT2D eigenvalue weighted by atomic mass is 32.2. The maximum Gasteiger partial charge on any atom is 0.268 e. The van der Waals surface area contributed by atoms with Crippen LogP contribution in [0, 0.1) is 0 Å². The van der Waals surface area contributed by atoms with E-state index in [2.05, 4.69) is 10.3 Å².